The van der Waals surface area contributed by atoms with Gasteiger partial charge in [0.1, 0.15) is 5.82 Å². The van der Waals surface area contributed by atoms with Crippen LogP contribution in [0.1, 0.15) is 23.6 Å². The molecule has 1 saturated heterocycles. The van der Waals surface area contributed by atoms with Crippen molar-refractivity contribution in [2.45, 2.75) is 19.4 Å². The van der Waals surface area contributed by atoms with Crippen LogP contribution in [0.2, 0.25) is 0 Å². The fourth-order valence-electron chi connectivity index (χ4n) is 2.09. The number of carboxylic acid groups (broad SMARTS) is 1. The van der Waals surface area contributed by atoms with E-state index in [1.807, 2.05) is 0 Å². The van der Waals surface area contributed by atoms with Crippen LogP contribution in [0.4, 0.5) is 9.18 Å². The maximum atomic E-state index is 13.2. The van der Waals surface area contributed by atoms with Gasteiger partial charge in [-0.2, -0.15) is 0 Å². The van der Waals surface area contributed by atoms with Crippen LogP contribution >= 0.6 is 0 Å². The van der Waals surface area contributed by atoms with E-state index in [0.717, 1.165) is 5.56 Å². The van der Waals surface area contributed by atoms with E-state index in [-0.39, 0.29) is 30.9 Å². The van der Waals surface area contributed by atoms with Crippen molar-refractivity contribution >= 4 is 12.0 Å². The first-order valence-electron chi connectivity index (χ1n) is 6.00. The zero-order valence-corrected chi connectivity index (χ0v) is 10.5. The summed E-state index contributed by atoms with van der Waals surface area (Å²) < 4.78 is 13.2. The summed E-state index contributed by atoms with van der Waals surface area (Å²) in [6, 6.07) is 4.19. The van der Waals surface area contributed by atoms with Gasteiger partial charge in [-0.1, -0.05) is 12.1 Å². The van der Waals surface area contributed by atoms with Crippen LogP contribution in [0.3, 0.4) is 0 Å². The monoisotopic (exact) mass is 266 g/mol. The second-order valence-corrected chi connectivity index (χ2v) is 4.60. The molecule has 1 atom stereocenters. The molecule has 0 saturated carbocycles. The van der Waals surface area contributed by atoms with Crippen LogP contribution in [-0.2, 0) is 4.79 Å². The molecule has 0 radical (unpaired) electrons. The lowest BCUT2D eigenvalue weighted by Gasteiger charge is -2.13. The molecule has 1 aliphatic rings. The molecule has 1 aromatic rings. The lowest BCUT2D eigenvalue weighted by Crippen LogP contribution is -2.30. The number of carbonyl (C=O) groups excluding carboxylic acids is 1. The van der Waals surface area contributed by atoms with E-state index in [2.05, 4.69) is 5.32 Å². The third-order valence-electron chi connectivity index (χ3n) is 3.17. The number of nitrogens with zero attached hydrogens (tertiary/aromatic N) is 1. The summed E-state index contributed by atoms with van der Waals surface area (Å²) in [6.07, 6.45) is -0.0808. The van der Waals surface area contributed by atoms with E-state index in [1.54, 1.807) is 19.1 Å². The Hall–Kier alpha value is -2.11. The molecule has 0 bridgehead atoms. The number of urea groups is 1. The minimum atomic E-state index is -0.936. The maximum Gasteiger partial charge on any atom is 0.318 e. The number of halogens is 1. The third kappa shape index (κ3) is 3.01. The van der Waals surface area contributed by atoms with E-state index in [1.165, 1.54) is 11.0 Å². The minimum absolute atomic E-state index is 0.0808. The molecule has 1 aromatic carbocycles. The van der Waals surface area contributed by atoms with Gasteiger partial charge in [-0.05, 0) is 24.1 Å². The average Bonchev–Trinajstić information content (AvgIpc) is 2.71. The van der Waals surface area contributed by atoms with Gasteiger partial charge in [0.05, 0.1) is 12.5 Å². The summed E-state index contributed by atoms with van der Waals surface area (Å²) in [5.74, 6) is -1.22. The number of carbonyl (C=O) groups is 2. The van der Waals surface area contributed by atoms with Crippen LogP contribution in [-0.4, -0.2) is 35.1 Å². The molecule has 0 spiro atoms. The number of aliphatic carboxylic acids is 1. The zero-order valence-electron chi connectivity index (χ0n) is 10.5. The zero-order chi connectivity index (χ0) is 14.0. The molecule has 6 heteroatoms. The maximum absolute atomic E-state index is 13.2. The van der Waals surface area contributed by atoms with Gasteiger partial charge in [-0.15, -0.1) is 0 Å². The highest BCUT2D eigenvalue weighted by Gasteiger charge is 2.29. The van der Waals surface area contributed by atoms with Gasteiger partial charge in [0, 0.05) is 13.1 Å². The predicted molar refractivity (Wildman–Crippen MR) is 66.2 cm³/mol. The molecule has 2 rings (SSSR count). The Kier molecular flexibility index (Phi) is 3.69. The second-order valence-electron chi connectivity index (χ2n) is 4.60. The molecule has 0 aromatic heterocycles. The van der Waals surface area contributed by atoms with E-state index in [9.17, 15) is 14.0 Å². The SMILES string of the molecule is Cc1cc(C2CN(CCC(=O)O)C(=O)N2)ccc1F. The number of nitrogens with one attached hydrogen (secondary N) is 1. The molecule has 2 amide bonds. The molecule has 0 aliphatic carbocycles. The van der Waals surface area contributed by atoms with Crippen molar-refractivity contribution < 1.29 is 19.1 Å². The first kappa shape index (κ1) is 13.3. The molecule has 5 nitrogen and oxygen atoms in total. The minimum Gasteiger partial charge on any atom is -0.481 e. The third-order valence-corrected chi connectivity index (χ3v) is 3.17. The molecular weight excluding hydrogens is 251 g/mol. The Morgan fingerprint density at radius 3 is 2.95 bits per heavy atom. The van der Waals surface area contributed by atoms with Crippen LogP contribution in [0.25, 0.3) is 0 Å². The number of hydrogen-bond acceptors (Lipinski definition) is 2. The van der Waals surface area contributed by atoms with Crippen molar-refractivity contribution in [2.24, 2.45) is 0 Å². The van der Waals surface area contributed by atoms with Gasteiger partial charge in [-0.25, -0.2) is 9.18 Å². The summed E-state index contributed by atoms with van der Waals surface area (Å²) in [6.45, 7) is 2.24. The summed E-state index contributed by atoms with van der Waals surface area (Å²) in [4.78, 5) is 23.6. The predicted octanol–water partition coefficient (Wildman–Crippen LogP) is 1.68. The van der Waals surface area contributed by atoms with Crippen molar-refractivity contribution in [3.05, 3.63) is 35.1 Å². The Bertz CT molecular complexity index is 519. The quantitative estimate of drug-likeness (QED) is 0.871. The van der Waals surface area contributed by atoms with Crippen molar-refractivity contribution in [3.63, 3.8) is 0 Å². The number of benzene rings is 1. The summed E-state index contributed by atoms with van der Waals surface area (Å²) in [7, 11) is 0. The van der Waals surface area contributed by atoms with Crippen molar-refractivity contribution in [3.8, 4) is 0 Å². The second kappa shape index (κ2) is 5.26. The molecule has 2 N–H and O–H groups in total. The number of amides is 2. The topological polar surface area (TPSA) is 69.6 Å². The fourth-order valence-corrected chi connectivity index (χ4v) is 2.09. The first-order chi connectivity index (χ1) is 8.97. The summed E-state index contributed by atoms with van der Waals surface area (Å²) >= 11 is 0. The number of aryl methyl sites for hydroxylation is 1. The highest BCUT2D eigenvalue weighted by atomic mass is 19.1. The Morgan fingerprint density at radius 2 is 2.32 bits per heavy atom. The Labute approximate surface area is 110 Å². The standard InChI is InChI=1S/C13H15FN2O3/c1-8-6-9(2-3-10(8)14)11-7-16(13(19)15-11)5-4-12(17)18/h2-3,6,11H,4-5,7H2,1H3,(H,15,19)(H,17,18). The number of carboxylic acids is 1. The fraction of sp³-hybridized carbons (Fsp3) is 0.385. The van der Waals surface area contributed by atoms with Gasteiger partial charge < -0.3 is 15.3 Å². The number of hydrogen-bond donors (Lipinski definition) is 2. The lowest BCUT2D eigenvalue weighted by atomic mass is 10.0. The lowest BCUT2D eigenvalue weighted by molar-refractivity contribution is -0.137. The van der Waals surface area contributed by atoms with Gasteiger partial charge in [0.2, 0.25) is 0 Å². The molecule has 1 fully saturated rings. The average molecular weight is 266 g/mol. The van der Waals surface area contributed by atoms with Crippen LogP contribution < -0.4 is 5.32 Å². The highest BCUT2D eigenvalue weighted by molar-refractivity contribution is 5.78. The Balaban J connectivity index is 2.05. The number of rotatable bonds is 4. The molecule has 19 heavy (non-hydrogen) atoms. The normalized spacial score (nSPS) is 18.5. The summed E-state index contributed by atoms with van der Waals surface area (Å²) in [5, 5.41) is 11.4. The molecule has 102 valence electrons. The van der Waals surface area contributed by atoms with Crippen molar-refractivity contribution in [1.29, 1.82) is 0 Å². The van der Waals surface area contributed by atoms with Crippen LogP contribution in [0.5, 0.6) is 0 Å². The van der Waals surface area contributed by atoms with Gasteiger partial charge in [0.15, 0.2) is 0 Å². The Morgan fingerprint density at radius 1 is 1.58 bits per heavy atom. The molecule has 1 unspecified atom stereocenters. The van der Waals surface area contributed by atoms with E-state index < -0.39 is 5.97 Å². The van der Waals surface area contributed by atoms with Gasteiger partial charge >= 0.3 is 12.0 Å². The van der Waals surface area contributed by atoms with Crippen LogP contribution in [0.15, 0.2) is 18.2 Å². The van der Waals surface area contributed by atoms with Crippen molar-refractivity contribution in [1.82, 2.24) is 10.2 Å². The van der Waals surface area contributed by atoms with Gasteiger partial charge in [0.25, 0.3) is 0 Å². The van der Waals surface area contributed by atoms with Gasteiger partial charge in [-0.3, -0.25) is 4.79 Å². The highest BCUT2D eigenvalue weighted by Crippen LogP contribution is 2.22. The summed E-state index contributed by atoms with van der Waals surface area (Å²) in [5.41, 5.74) is 1.35. The molecule has 1 aliphatic heterocycles. The molecular formula is C13H15FN2O3. The largest absolute Gasteiger partial charge is 0.481 e. The molecule has 1 heterocycles. The first-order valence-corrected chi connectivity index (χ1v) is 6.00. The van der Waals surface area contributed by atoms with E-state index in [0.29, 0.717) is 12.1 Å². The van der Waals surface area contributed by atoms with Crippen molar-refractivity contribution in [2.75, 3.05) is 13.1 Å². The smallest absolute Gasteiger partial charge is 0.318 e. The van der Waals surface area contributed by atoms with E-state index in [4.69, 9.17) is 5.11 Å². The van der Waals surface area contributed by atoms with E-state index >= 15 is 0 Å². The van der Waals surface area contributed by atoms with Crippen LogP contribution in [0, 0.1) is 12.7 Å².